The first kappa shape index (κ1) is 26.7. The molecule has 0 spiro atoms. The molecule has 0 aliphatic rings. The van der Waals surface area contributed by atoms with Crippen LogP contribution in [0.15, 0.2) is 60.9 Å². The van der Waals surface area contributed by atoms with Crippen molar-refractivity contribution in [1.82, 2.24) is 10.3 Å². The maximum Gasteiger partial charge on any atom is 0.251 e. The van der Waals surface area contributed by atoms with Gasteiger partial charge in [-0.15, -0.1) is 0 Å². The first-order valence-electron chi connectivity index (χ1n) is 12.4. The summed E-state index contributed by atoms with van der Waals surface area (Å²) in [5.41, 5.74) is 2.66. The summed E-state index contributed by atoms with van der Waals surface area (Å²) in [4.78, 5) is 28.3. The zero-order chi connectivity index (χ0) is 25.8. The number of Topliss-reactive ketones (excluding diaryl/α,β-unsaturated/α-hetero) is 1. The number of hydrogen-bond acceptors (Lipinski definition) is 6. The summed E-state index contributed by atoms with van der Waals surface area (Å²) in [7, 11) is 0. The van der Waals surface area contributed by atoms with Crippen molar-refractivity contribution in [3.63, 3.8) is 0 Å². The van der Waals surface area contributed by atoms with Gasteiger partial charge in [-0.2, -0.15) is 0 Å². The van der Waals surface area contributed by atoms with Gasteiger partial charge in [-0.25, -0.2) is 0 Å². The van der Waals surface area contributed by atoms with Crippen LogP contribution >= 0.6 is 0 Å². The third kappa shape index (κ3) is 7.83. The Morgan fingerprint density at radius 1 is 1.00 bits per heavy atom. The van der Waals surface area contributed by atoms with Crippen molar-refractivity contribution in [2.24, 2.45) is 0 Å². The Kier molecular flexibility index (Phi) is 10.3. The normalized spacial score (nSPS) is 10.6. The van der Waals surface area contributed by atoms with E-state index in [1.165, 1.54) is 12.5 Å². The Morgan fingerprint density at radius 3 is 2.58 bits per heavy atom. The standard InChI is InChI=1S/C29H34N2O5/c1-3-8-26-27(14-13-25(21(2)32)28(26)33)36-18-17-35-24-12-6-11-23(19-24)29(34)31-16-5-4-9-22-10-7-15-30-20-22/h6-7,10-15,19-20,33H,3-5,8-9,16-18H2,1-2H3,(H,31,34). The molecule has 1 amide bonds. The number of pyridine rings is 1. The van der Waals surface area contributed by atoms with Gasteiger partial charge in [-0.1, -0.05) is 25.5 Å². The highest BCUT2D eigenvalue weighted by molar-refractivity contribution is 5.97. The summed E-state index contributed by atoms with van der Waals surface area (Å²) in [6.45, 7) is 4.55. The number of rotatable bonds is 14. The fourth-order valence-electron chi connectivity index (χ4n) is 3.87. The topological polar surface area (TPSA) is 97.8 Å². The molecule has 0 saturated carbocycles. The lowest BCUT2D eigenvalue weighted by molar-refractivity contribution is 0.0951. The third-order valence-electron chi connectivity index (χ3n) is 5.73. The van der Waals surface area contributed by atoms with Crippen molar-refractivity contribution in [3.8, 4) is 17.2 Å². The molecule has 0 saturated heterocycles. The minimum absolute atomic E-state index is 0.0152. The first-order valence-corrected chi connectivity index (χ1v) is 12.4. The van der Waals surface area contributed by atoms with E-state index >= 15 is 0 Å². The second-order valence-corrected chi connectivity index (χ2v) is 8.54. The Labute approximate surface area is 212 Å². The number of ketones is 1. The average Bonchev–Trinajstić information content (AvgIpc) is 2.88. The van der Waals surface area contributed by atoms with Gasteiger partial charge in [-0.05, 0) is 74.6 Å². The van der Waals surface area contributed by atoms with Gasteiger partial charge >= 0.3 is 0 Å². The summed E-state index contributed by atoms with van der Waals surface area (Å²) in [6, 6.07) is 14.3. The summed E-state index contributed by atoms with van der Waals surface area (Å²) in [6.07, 6.45) is 7.84. The predicted octanol–water partition coefficient (Wildman–Crippen LogP) is 5.15. The first-order chi connectivity index (χ1) is 17.5. The van der Waals surface area contributed by atoms with Gasteiger partial charge in [0.2, 0.25) is 0 Å². The second-order valence-electron chi connectivity index (χ2n) is 8.54. The Hall–Kier alpha value is -3.87. The smallest absolute Gasteiger partial charge is 0.251 e. The summed E-state index contributed by atoms with van der Waals surface area (Å²) in [5, 5.41) is 13.4. The highest BCUT2D eigenvalue weighted by atomic mass is 16.5. The SMILES string of the molecule is CCCc1c(OCCOc2cccc(C(=O)NCCCCc3cccnc3)c2)ccc(C(C)=O)c1O. The van der Waals surface area contributed by atoms with E-state index in [0.29, 0.717) is 41.2 Å². The summed E-state index contributed by atoms with van der Waals surface area (Å²) >= 11 is 0. The molecule has 3 rings (SSSR count). The van der Waals surface area contributed by atoms with E-state index in [2.05, 4.69) is 16.4 Å². The number of amides is 1. The van der Waals surface area contributed by atoms with Crippen LogP contribution in [0.2, 0.25) is 0 Å². The number of benzene rings is 2. The lowest BCUT2D eigenvalue weighted by atomic mass is 10.0. The number of unbranched alkanes of at least 4 members (excludes halogenated alkanes) is 1. The number of nitrogens with one attached hydrogen (secondary N) is 1. The van der Waals surface area contributed by atoms with Crippen molar-refractivity contribution in [1.29, 1.82) is 0 Å². The molecule has 2 aromatic carbocycles. The predicted molar refractivity (Wildman–Crippen MR) is 139 cm³/mol. The number of phenolic OH excluding ortho intramolecular Hbond substituents is 1. The zero-order valence-electron chi connectivity index (χ0n) is 21.0. The average molecular weight is 491 g/mol. The van der Waals surface area contributed by atoms with E-state index in [4.69, 9.17) is 9.47 Å². The number of ether oxygens (including phenoxy) is 2. The quantitative estimate of drug-likeness (QED) is 0.240. The molecule has 0 aliphatic carbocycles. The van der Waals surface area contributed by atoms with Gasteiger partial charge in [0.25, 0.3) is 5.91 Å². The van der Waals surface area contributed by atoms with Crippen LogP contribution in [0.5, 0.6) is 17.2 Å². The molecule has 3 aromatic rings. The minimum atomic E-state index is -0.187. The number of aromatic hydroxyl groups is 1. The van der Waals surface area contributed by atoms with Crippen molar-refractivity contribution in [2.45, 2.75) is 46.0 Å². The molecule has 7 nitrogen and oxygen atoms in total. The van der Waals surface area contributed by atoms with Crippen LogP contribution in [0.3, 0.4) is 0 Å². The number of carbonyl (C=O) groups excluding carboxylic acids is 2. The fraction of sp³-hybridized carbons (Fsp3) is 0.345. The van der Waals surface area contributed by atoms with Crippen LogP contribution in [0, 0.1) is 0 Å². The molecule has 190 valence electrons. The molecule has 0 radical (unpaired) electrons. The van der Waals surface area contributed by atoms with E-state index in [1.54, 1.807) is 42.6 Å². The molecule has 1 aromatic heterocycles. The van der Waals surface area contributed by atoms with Gasteiger partial charge in [0.05, 0.1) is 5.56 Å². The highest BCUT2D eigenvalue weighted by Gasteiger charge is 2.16. The van der Waals surface area contributed by atoms with Gasteiger partial charge in [0, 0.05) is 30.1 Å². The highest BCUT2D eigenvalue weighted by Crippen LogP contribution is 2.33. The van der Waals surface area contributed by atoms with Gasteiger partial charge in [0.15, 0.2) is 5.78 Å². The molecule has 0 unspecified atom stereocenters. The molecule has 0 atom stereocenters. The molecule has 0 aliphatic heterocycles. The third-order valence-corrected chi connectivity index (χ3v) is 5.73. The lowest BCUT2D eigenvalue weighted by Crippen LogP contribution is -2.24. The molecule has 0 bridgehead atoms. The van der Waals surface area contributed by atoms with Gasteiger partial charge in [0.1, 0.15) is 30.5 Å². The number of phenols is 1. The maximum absolute atomic E-state index is 12.5. The van der Waals surface area contributed by atoms with Crippen molar-refractivity contribution in [3.05, 3.63) is 83.2 Å². The van der Waals surface area contributed by atoms with Crippen LogP contribution in [-0.4, -0.2) is 41.5 Å². The van der Waals surface area contributed by atoms with Crippen LogP contribution in [0.1, 0.15) is 65.0 Å². The van der Waals surface area contributed by atoms with E-state index in [1.807, 2.05) is 19.2 Å². The minimum Gasteiger partial charge on any atom is -0.507 e. The van der Waals surface area contributed by atoms with E-state index < -0.39 is 0 Å². The Bertz CT molecular complexity index is 1150. The lowest BCUT2D eigenvalue weighted by Gasteiger charge is -2.15. The van der Waals surface area contributed by atoms with Gasteiger partial charge in [-0.3, -0.25) is 14.6 Å². The molecular weight excluding hydrogens is 456 g/mol. The summed E-state index contributed by atoms with van der Waals surface area (Å²) < 4.78 is 11.6. The van der Waals surface area contributed by atoms with Crippen LogP contribution in [0.4, 0.5) is 0 Å². The Morgan fingerprint density at radius 2 is 1.83 bits per heavy atom. The number of hydrogen-bond donors (Lipinski definition) is 2. The maximum atomic E-state index is 12.5. The Balaban J connectivity index is 1.44. The van der Waals surface area contributed by atoms with E-state index in [9.17, 15) is 14.7 Å². The van der Waals surface area contributed by atoms with Crippen LogP contribution in [-0.2, 0) is 12.8 Å². The van der Waals surface area contributed by atoms with Crippen molar-refractivity contribution in [2.75, 3.05) is 19.8 Å². The zero-order valence-corrected chi connectivity index (χ0v) is 21.0. The number of aryl methyl sites for hydroxylation is 1. The number of carbonyl (C=O) groups is 2. The molecule has 36 heavy (non-hydrogen) atoms. The number of aromatic nitrogens is 1. The fourth-order valence-corrected chi connectivity index (χ4v) is 3.87. The number of nitrogens with zero attached hydrogens (tertiary/aromatic N) is 1. The summed E-state index contributed by atoms with van der Waals surface area (Å²) in [5.74, 6) is 0.779. The van der Waals surface area contributed by atoms with E-state index in [-0.39, 0.29) is 30.7 Å². The van der Waals surface area contributed by atoms with Crippen molar-refractivity contribution >= 4 is 11.7 Å². The molecule has 7 heteroatoms. The molecular formula is C29H34N2O5. The van der Waals surface area contributed by atoms with Crippen LogP contribution in [0.25, 0.3) is 0 Å². The molecule has 1 heterocycles. The monoisotopic (exact) mass is 490 g/mol. The molecule has 0 fully saturated rings. The second kappa shape index (κ2) is 13.9. The molecule has 2 N–H and O–H groups in total. The van der Waals surface area contributed by atoms with Crippen molar-refractivity contribution < 1.29 is 24.2 Å². The van der Waals surface area contributed by atoms with Gasteiger partial charge < -0.3 is 19.9 Å². The van der Waals surface area contributed by atoms with Crippen LogP contribution < -0.4 is 14.8 Å². The van der Waals surface area contributed by atoms with E-state index in [0.717, 1.165) is 25.7 Å². The largest absolute Gasteiger partial charge is 0.507 e.